The van der Waals surface area contributed by atoms with Crippen molar-refractivity contribution in [3.63, 3.8) is 0 Å². The van der Waals surface area contributed by atoms with E-state index in [1.165, 1.54) is 5.56 Å². The highest BCUT2D eigenvalue weighted by Gasteiger charge is 2.08. The highest BCUT2D eigenvalue weighted by molar-refractivity contribution is 6.36. The van der Waals surface area contributed by atoms with Crippen molar-refractivity contribution in [1.29, 1.82) is 0 Å². The molecule has 2 aromatic rings. The Morgan fingerprint density at radius 3 is 2.67 bits per heavy atom. The minimum atomic E-state index is 0.865. The molecule has 0 saturated heterocycles. The second kappa shape index (κ2) is 3.82. The van der Waals surface area contributed by atoms with E-state index < -0.39 is 0 Å². The zero-order valence-corrected chi connectivity index (χ0v) is 10.0. The van der Waals surface area contributed by atoms with Gasteiger partial charge in [-0.2, -0.15) is 0 Å². The topological polar surface area (TPSA) is 12.9 Å². The van der Waals surface area contributed by atoms with Crippen molar-refractivity contribution in [2.45, 2.75) is 27.2 Å². The van der Waals surface area contributed by atoms with Crippen LogP contribution in [0, 0.1) is 13.8 Å². The second-order valence-electron chi connectivity index (χ2n) is 3.86. The quantitative estimate of drug-likeness (QED) is 0.705. The smallest absolute Gasteiger partial charge is 0.0720 e. The lowest BCUT2D eigenvalue weighted by atomic mass is 10.1. The number of aromatic nitrogens is 1. The van der Waals surface area contributed by atoms with Gasteiger partial charge < -0.3 is 0 Å². The van der Waals surface area contributed by atoms with Crippen LogP contribution in [0.25, 0.3) is 10.9 Å². The second-order valence-corrected chi connectivity index (χ2v) is 4.24. The van der Waals surface area contributed by atoms with E-state index in [9.17, 15) is 0 Å². The Balaban J connectivity index is 2.86. The van der Waals surface area contributed by atoms with Gasteiger partial charge in [0.05, 0.1) is 10.5 Å². The Kier molecular flexibility index (Phi) is 2.66. The predicted octanol–water partition coefficient (Wildman–Crippen LogP) is 4.07. The summed E-state index contributed by atoms with van der Waals surface area (Å²) in [6.07, 6.45) is 0.932. The van der Waals surface area contributed by atoms with Crippen molar-refractivity contribution >= 4 is 22.5 Å². The lowest BCUT2D eigenvalue weighted by Crippen LogP contribution is -1.94. The van der Waals surface area contributed by atoms with Gasteiger partial charge in [-0.3, -0.25) is 4.98 Å². The summed E-state index contributed by atoms with van der Waals surface area (Å²) in [5, 5.41) is 1.93. The van der Waals surface area contributed by atoms with E-state index in [2.05, 4.69) is 31.0 Å². The van der Waals surface area contributed by atoms with Gasteiger partial charge in [-0.25, -0.2) is 0 Å². The fourth-order valence-corrected chi connectivity index (χ4v) is 2.33. The van der Waals surface area contributed by atoms with Gasteiger partial charge >= 0.3 is 0 Å². The van der Waals surface area contributed by atoms with E-state index in [-0.39, 0.29) is 0 Å². The van der Waals surface area contributed by atoms with Crippen molar-refractivity contribution in [3.05, 3.63) is 40.0 Å². The third kappa shape index (κ3) is 1.72. The number of hydrogen-bond acceptors (Lipinski definition) is 1. The first-order valence-electron chi connectivity index (χ1n) is 5.18. The summed E-state index contributed by atoms with van der Waals surface area (Å²) in [6, 6.07) is 6.20. The van der Waals surface area contributed by atoms with E-state index in [0.717, 1.165) is 33.6 Å². The first-order valence-corrected chi connectivity index (χ1v) is 5.56. The van der Waals surface area contributed by atoms with Gasteiger partial charge in [-0.15, -0.1) is 0 Å². The van der Waals surface area contributed by atoms with Crippen LogP contribution < -0.4 is 0 Å². The molecule has 15 heavy (non-hydrogen) atoms. The van der Waals surface area contributed by atoms with Crippen LogP contribution in [0.1, 0.15) is 23.7 Å². The zero-order valence-electron chi connectivity index (χ0n) is 9.26. The SMILES string of the molecule is CCc1c(C)nc2ccc(C)cc2c1Cl. The average Bonchev–Trinajstić information content (AvgIpc) is 2.20. The molecule has 0 saturated carbocycles. The lowest BCUT2D eigenvalue weighted by Gasteiger charge is -2.09. The van der Waals surface area contributed by atoms with Crippen LogP contribution >= 0.6 is 11.6 Å². The summed E-state index contributed by atoms with van der Waals surface area (Å²) in [7, 11) is 0. The van der Waals surface area contributed by atoms with Gasteiger partial charge in [0.2, 0.25) is 0 Å². The van der Waals surface area contributed by atoms with Crippen LogP contribution in [0.4, 0.5) is 0 Å². The maximum Gasteiger partial charge on any atom is 0.0720 e. The maximum atomic E-state index is 6.38. The molecule has 78 valence electrons. The van der Waals surface area contributed by atoms with Crippen molar-refractivity contribution < 1.29 is 0 Å². The van der Waals surface area contributed by atoms with Gasteiger partial charge in [0, 0.05) is 11.1 Å². The summed E-state index contributed by atoms with van der Waals surface area (Å²) in [4.78, 5) is 4.56. The first-order chi connectivity index (χ1) is 7.13. The Bertz CT molecular complexity index is 517. The van der Waals surface area contributed by atoms with Gasteiger partial charge in [0.1, 0.15) is 0 Å². The fourth-order valence-electron chi connectivity index (χ4n) is 1.90. The van der Waals surface area contributed by atoms with Gasteiger partial charge in [0.25, 0.3) is 0 Å². The molecule has 1 nitrogen and oxygen atoms in total. The van der Waals surface area contributed by atoms with Crippen molar-refractivity contribution in [1.82, 2.24) is 4.98 Å². The molecule has 0 aliphatic rings. The van der Waals surface area contributed by atoms with Crippen LogP contribution in [0.5, 0.6) is 0 Å². The summed E-state index contributed by atoms with van der Waals surface area (Å²) in [6.45, 7) is 6.20. The molecule has 1 aromatic heterocycles. The number of halogens is 1. The Hall–Kier alpha value is -1.08. The van der Waals surface area contributed by atoms with Crippen molar-refractivity contribution in [2.75, 3.05) is 0 Å². The van der Waals surface area contributed by atoms with E-state index in [0.29, 0.717) is 0 Å². The van der Waals surface area contributed by atoms with E-state index >= 15 is 0 Å². The minimum Gasteiger partial charge on any atom is -0.253 e. The first kappa shape index (κ1) is 10.4. The van der Waals surface area contributed by atoms with Gasteiger partial charge in [-0.1, -0.05) is 30.2 Å². The molecule has 1 aromatic carbocycles. The third-order valence-corrected chi connectivity index (χ3v) is 3.16. The standard InChI is InChI=1S/C13H14ClN/c1-4-10-9(3)15-12-6-5-8(2)7-11(12)13(10)14/h5-7H,4H2,1-3H3. The maximum absolute atomic E-state index is 6.38. The Morgan fingerprint density at radius 1 is 1.27 bits per heavy atom. The number of fused-ring (bicyclic) bond motifs is 1. The lowest BCUT2D eigenvalue weighted by molar-refractivity contribution is 1.07. The van der Waals surface area contributed by atoms with E-state index in [1.807, 2.05) is 13.0 Å². The fraction of sp³-hybridized carbons (Fsp3) is 0.308. The van der Waals surface area contributed by atoms with Crippen LogP contribution in [0.15, 0.2) is 18.2 Å². The zero-order chi connectivity index (χ0) is 11.0. The van der Waals surface area contributed by atoms with Crippen LogP contribution in [-0.4, -0.2) is 4.98 Å². The summed E-state index contributed by atoms with van der Waals surface area (Å²) >= 11 is 6.38. The predicted molar refractivity (Wildman–Crippen MR) is 65.6 cm³/mol. The number of aryl methyl sites for hydroxylation is 2. The van der Waals surface area contributed by atoms with Gasteiger partial charge in [-0.05, 0) is 38.0 Å². The summed E-state index contributed by atoms with van der Waals surface area (Å²) < 4.78 is 0. The average molecular weight is 220 g/mol. The molecule has 0 amide bonds. The monoisotopic (exact) mass is 219 g/mol. The van der Waals surface area contributed by atoms with E-state index in [4.69, 9.17) is 11.6 Å². The molecule has 0 radical (unpaired) electrons. The minimum absolute atomic E-state index is 0.865. The largest absolute Gasteiger partial charge is 0.253 e. The highest BCUT2D eigenvalue weighted by Crippen LogP contribution is 2.28. The summed E-state index contributed by atoms with van der Waals surface area (Å²) in [5.74, 6) is 0. The Morgan fingerprint density at radius 2 is 2.00 bits per heavy atom. The molecule has 0 fully saturated rings. The van der Waals surface area contributed by atoms with Crippen molar-refractivity contribution in [3.8, 4) is 0 Å². The van der Waals surface area contributed by atoms with Crippen LogP contribution in [0.2, 0.25) is 5.02 Å². The molecule has 0 spiro atoms. The van der Waals surface area contributed by atoms with Crippen LogP contribution in [0.3, 0.4) is 0 Å². The highest BCUT2D eigenvalue weighted by atomic mass is 35.5. The normalized spacial score (nSPS) is 10.9. The molecule has 0 unspecified atom stereocenters. The molecule has 0 atom stereocenters. The molecular formula is C13H14ClN. The molecular weight excluding hydrogens is 206 g/mol. The number of pyridine rings is 1. The summed E-state index contributed by atoms with van der Waals surface area (Å²) in [5.41, 5.74) is 4.41. The Labute approximate surface area is 95.1 Å². The molecule has 0 aliphatic carbocycles. The number of rotatable bonds is 1. The van der Waals surface area contributed by atoms with Crippen LogP contribution in [-0.2, 0) is 6.42 Å². The van der Waals surface area contributed by atoms with E-state index in [1.54, 1.807) is 0 Å². The molecule has 1 heterocycles. The molecule has 0 N–H and O–H groups in total. The molecule has 0 aliphatic heterocycles. The molecule has 2 heteroatoms. The van der Waals surface area contributed by atoms with Crippen molar-refractivity contribution in [2.24, 2.45) is 0 Å². The molecule has 0 bridgehead atoms. The number of nitrogens with zero attached hydrogens (tertiary/aromatic N) is 1. The third-order valence-electron chi connectivity index (χ3n) is 2.73. The van der Waals surface area contributed by atoms with Gasteiger partial charge in [0.15, 0.2) is 0 Å². The number of benzene rings is 1. The molecule has 2 rings (SSSR count). The number of hydrogen-bond donors (Lipinski definition) is 0.